The Morgan fingerprint density at radius 3 is 2.57 bits per heavy atom. The predicted molar refractivity (Wildman–Crippen MR) is 135 cm³/mol. The second kappa shape index (κ2) is 8.61. The number of aliphatic hydroxyl groups excluding tert-OH is 2. The number of fused-ring (bicyclic) bond motifs is 4. The molecule has 4 aliphatic carbocycles. The molecule has 0 aromatic rings. The number of carbonyl (C=O) groups is 2. The van der Waals surface area contributed by atoms with Crippen LogP contribution in [0.15, 0.2) is 11.1 Å². The lowest BCUT2D eigenvalue weighted by Crippen LogP contribution is -2.69. The zero-order chi connectivity index (χ0) is 26.5. The summed E-state index contributed by atoms with van der Waals surface area (Å²) in [6.07, 6.45) is 5.35. The van der Waals surface area contributed by atoms with Crippen LogP contribution in [0.4, 0.5) is 0 Å². The van der Waals surface area contributed by atoms with Gasteiger partial charge < -0.3 is 24.4 Å². The van der Waals surface area contributed by atoms with Gasteiger partial charge in [-0.2, -0.15) is 0 Å². The average Bonchev–Trinajstić information content (AvgIpc) is 3.50. The number of rotatable bonds is 5. The van der Waals surface area contributed by atoms with Crippen LogP contribution in [-0.2, 0) is 23.8 Å². The van der Waals surface area contributed by atoms with Crippen molar-refractivity contribution < 1.29 is 34.0 Å². The highest BCUT2D eigenvalue weighted by Gasteiger charge is 2.83. The molecular weight excluding hydrogens is 472 g/mol. The van der Waals surface area contributed by atoms with E-state index in [2.05, 4.69) is 20.8 Å². The van der Waals surface area contributed by atoms with Crippen molar-refractivity contribution >= 4 is 11.8 Å². The van der Waals surface area contributed by atoms with Gasteiger partial charge in [-0.15, -0.1) is 0 Å². The van der Waals surface area contributed by atoms with E-state index >= 15 is 0 Å². The van der Waals surface area contributed by atoms with E-state index in [-0.39, 0.29) is 54.2 Å². The molecule has 0 unspecified atom stereocenters. The molecule has 6 rings (SSSR count). The van der Waals surface area contributed by atoms with Crippen LogP contribution >= 0.6 is 0 Å². The summed E-state index contributed by atoms with van der Waals surface area (Å²) in [7, 11) is 1.58. The molecule has 2 aliphatic heterocycles. The van der Waals surface area contributed by atoms with Crippen LogP contribution in [-0.4, -0.2) is 65.7 Å². The summed E-state index contributed by atoms with van der Waals surface area (Å²) in [6.45, 7) is 8.48. The van der Waals surface area contributed by atoms with Gasteiger partial charge in [0.1, 0.15) is 23.6 Å². The van der Waals surface area contributed by atoms with Crippen molar-refractivity contribution in [2.24, 2.45) is 40.4 Å². The summed E-state index contributed by atoms with van der Waals surface area (Å²) in [6, 6.07) is 0. The Morgan fingerprint density at radius 2 is 1.92 bits per heavy atom. The van der Waals surface area contributed by atoms with E-state index in [4.69, 9.17) is 14.2 Å². The largest absolute Gasteiger partial charge is 0.458 e. The maximum atomic E-state index is 13.9. The van der Waals surface area contributed by atoms with Gasteiger partial charge in [0.15, 0.2) is 0 Å². The van der Waals surface area contributed by atoms with Gasteiger partial charge in [0, 0.05) is 20.0 Å². The number of epoxide rings is 1. The topological polar surface area (TPSA) is 106 Å². The lowest BCUT2D eigenvalue weighted by atomic mass is 9.42. The molecule has 6 aliphatic rings. The summed E-state index contributed by atoms with van der Waals surface area (Å²) >= 11 is 0. The molecule has 12 atom stereocenters. The van der Waals surface area contributed by atoms with Crippen molar-refractivity contribution in [2.75, 3.05) is 13.7 Å². The Labute approximate surface area is 220 Å². The molecule has 5 fully saturated rings. The monoisotopic (exact) mass is 516 g/mol. The molecule has 2 heterocycles. The fourth-order valence-corrected chi connectivity index (χ4v) is 10.7. The summed E-state index contributed by atoms with van der Waals surface area (Å²) in [5, 5.41) is 21.0. The summed E-state index contributed by atoms with van der Waals surface area (Å²) < 4.78 is 17.9. The number of ketones is 1. The molecular formula is C30H44O7. The van der Waals surface area contributed by atoms with Crippen LogP contribution in [0, 0.1) is 40.4 Å². The molecule has 2 N–H and O–H groups in total. The third-order valence-electron chi connectivity index (χ3n) is 12.5. The van der Waals surface area contributed by atoms with Crippen molar-refractivity contribution in [1.29, 1.82) is 0 Å². The van der Waals surface area contributed by atoms with Crippen LogP contribution < -0.4 is 0 Å². The fraction of sp³-hybridized carbons (Fsp3) is 0.867. The first-order valence-corrected chi connectivity index (χ1v) is 14.5. The van der Waals surface area contributed by atoms with Crippen molar-refractivity contribution in [3.8, 4) is 0 Å². The van der Waals surface area contributed by atoms with Gasteiger partial charge in [0.25, 0.3) is 0 Å². The zero-order valence-corrected chi connectivity index (χ0v) is 23.0. The molecule has 37 heavy (non-hydrogen) atoms. The molecule has 4 saturated carbocycles. The first kappa shape index (κ1) is 26.0. The third-order valence-corrected chi connectivity index (χ3v) is 12.5. The Hall–Kier alpha value is -1.28. The Morgan fingerprint density at radius 1 is 1.16 bits per heavy atom. The molecule has 7 nitrogen and oxygen atoms in total. The first-order chi connectivity index (χ1) is 17.6. The molecule has 206 valence electrons. The van der Waals surface area contributed by atoms with Crippen molar-refractivity contribution in [2.45, 2.75) is 109 Å². The van der Waals surface area contributed by atoms with Gasteiger partial charge in [0.2, 0.25) is 0 Å². The maximum absolute atomic E-state index is 13.9. The van der Waals surface area contributed by atoms with E-state index in [0.29, 0.717) is 36.2 Å². The number of Topliss-reactive ketones (excluding diaryl/α,β-unsaturated/α-hetero) is 1. The quantitative estimate of drug-likeness (QED) is 0.425. The Kier molecular flexibility index (Phi) is 6.04. The predicted octanol–water partition coefficient (Wildman–Crippen LogP) is 3.59. The van der Waals surface area contributed by atoms with E-state index < -0.39 is 23.2 Å². The molecule has 1 spiro atoms. The van der Waals surface area contributed by atoms with Crippen molar-refractivity contribution in [3.63, 3.8) is 0 Å². The number of hydrogen-bond acceptors (Lipinski definition) is 7. The standard InChI is InChI=1S/C30H44O7/c1-6-29-21-9-10-28(4)19(16(3)22-11-15(2)18(14-31)27(34)36-22)7-8-20(28)17(21)12-25-30(29,37-25)26(33)23(35-5)13-24(29)32/h16-17,19-23,25-26,31,33H,6-14H2,1-5H3/t16-,17-,19+,20-,21-,22+,23-,25+,26-,28+,29-,30-/m0/s1. The fourth-order valence-electron chi connectivity index (χ4n) is 10.7. The average molecular weight is 517 g/mol. The van der Waals surface area contributed by atoms with Gasteiger partial charge in [-0.1, -0.05) is 26.3 Å². The zero-order valence-electron chi connectivity index (χ0n) is 23.0. The SMILES string of the molecule is CC[C@]12C(=O)C[C@H](OC)[C@H](O)[C@]13O[C@@H]3C[C@H]1[C@@H]3CC[C@H]([C@H](C)[C@H]4CC(C)=C(CO)C(=O)O4)[C@@]3(C)CC[C@@H]12. The van der Waals surface area contributed by atoms with Crippen LogP contribution in [0.1, 0.15) is 79.1 Å². The minimum atomic E-state index is -0.775. The Balaban J connectivity index is 1.28. The molecule has 7 heteroatoms. The molecule has 0 bridgehead atoms. The van der Waals surface area contributed by atoms with Gasteiger partial charge in [-0.25, -0.2) is 4.79 Å². The van der Waals surface area contributed by atoms with Gasteiger partial charge in [-0.05, 0) is 80.5 Å². The summed E-state index contributed by atoms with van der Waals surface area (Å²) in [5.41, 5.74) is 0.0814. The highest BCUT2D eigenvalue weighted by Crippen LogP contribution is 2.74. The number of ether oxygens (including phenoxy) is 3. The van der Waals surface area contributed by atoms with Crippen LogP contribution in [0.2, 0.25) is 0 Å². The third kappa shape index (κ3) is 3.14. The first-order valence-electron chi connectivity index (χ1n) is 14.5. The number of esters is 1. The molecule has 1 saturated heterocycles. The number of cyclic esters (lactones) is 1. The minimum absolute atomic E-state index is 0.0755. The van der Waals surface area contributed by atoms with Crippen molar-refractivity contribution in [1.82, 2.24) is 0 Å². The van der Waals surface area contributed by atoms with Gasteiger partial charge in [0.05, 0.1) is 29.8 Å². The smallest absolute Gasteiger partial charge is 0.336 e. The molecule has 0 radical (unpaired) electrons. The second-order valence-corrected chi connectivity index (χ2v) is 13.3. The molecule has 0 amide bonds. The number of methoxy groups -OCH3 is 1. The Bertz CT molecular complexity index is 1020. The minimum Gasteiger partial charge on any atom is -0.458 e. The molecule has 0 aromatic carbocycles. The van der Waals surface area contributed by atoms with Crippen molar-refractivity contribution in [3.05, 3.63) is 11.1 Å². The van der Waals surface area contributed by atoms with E-state index in [0.717, 1.165) is 37.7 Å². The van der Waals surface area contributed by atoms with E-state index in [1.54, 1.807) is 7.11 Å². The van der Waals surface area contributed by atoms with Crippen LogP contribution in [0.25, 0.3) is 0 Å². The highest BCUT2D eigenvalue weighted by atomic mass is 16.6. The summed E-state index contributed by atoms with van der Waals surface area (Å²) in [4.78, 5) is 26.5. The highest BCUT2D eigenvalue weighted by molar-refractivity contribution is 5.90. The second-order valence-electron chi connectivity index (χ2n) is 13.3. The van der Waals surface area contributed by atoms with Gasteiger partial charge >= 0.3 is 5.97 Å². The van der Waals surface area contributed by atoms with E-state index in [9.17, 15) is 19.8 Å². The van der Waals surface area contributed by atoms with E-state index in [1.165, 1.54) is 0 Å². The molecule has 0 aromatic heterocycles. The van der Waals surface area contributed by atoms with Gasteiger partial charge in [-0.3, -0.25) is 4.79 Å². The number of carbonyl (C=O) groups excluding carboxylic acids is 2. The number of aliphatic hydroxyl groups is 2. The summed E-state index contributed by atoms with van der Waals surface area (Å²) in [5.74, 6) is 1.66. The van der Waals surface area contributed by atoms with Crippen LogP contribution in [0.3, 0.4) is 0 Å². The lowest BCUT2D eigenvalue weighted by Gasteiger charge is -2.60. The normalized spacial score (nSPS) is 51.5. The van der Waals surface area contributed by atoms with Crippen LogP contribution in [0.5, 0.6) is 0 Å². The maximum Gasteiger partial charge on any atom is 0.336 e. The lowest BCUT2D eigenvalue weighted by molar-refractivity contribution is -0.188. The van der Waals surface area contributed by atoms with E-state index in [1.807, 2.05) is 6.92 Å². The number of hydrogen-bond donors (Lipinski definition) is 2.